The molecule has 1 aromatic heterocycles. The van der Waals surface area contributed by atoms with Crippen molar-refractivity contribution >= 4 is 11.5 Å². The van der Waals surface area contributed by atoms with Crippen LogP contribution in [0.4, 0.5) is 11.5 Å². The van der Waals surface area contributed by atoms with Crippen molar-refractivity contribution in [3.8, 4) is 0 Å². The zero-order valence-corrected chi connectivity index (χ0v) is 12.2. The Morgan fingerprint density at radius 2 is 1.85 bits per heavy atom. The molecule has 7 nitrogen and oxygen atoms in total. The van der Waals surface area contributed by atoms with E-state index in [-0.39, 0.29) is 17.1 Å². The van der Waals surface area contributed by atoms with Gasteiger partial charge in [0.05, 0.1) is 0 Å². The zero-order valence-electron chi connectivity index (χ0n) is 12.2. The van der Waals surface area contributed by atoms with E-state index in [9.17, 15) is 9.59 Å². The minimum Gasteiger partial charge on any atom is -0.383 e. The Bertz CT molecular complexity index is 584. The molecule has 1 saturated heterocycles. The second-order valence-corrected chi connectivity index (χ2v) is 5.22. The van der Waals surface area contributed by atoms with E-state index in [4.69, 9.17) is 5.73 Å². The van der Waals surface area contributed by atoms with Gasteiger partial charge in [0, 0.05) is 26.7 Å². The molecule has 20 heavy (non-hydrogen) atoms. The number of piperidine rings is 1. The van der Waals surface area contributed by atoms with Crippen molar-refractivity contribution in [3.05, 3.63) is 20.8 Å². The Labute approximate surface area is 118 Å². The largest absolute Gasteiger partial charge is 0.383 e. The number of anilines is 2. The second-order valence-electron chi connectivity index (χ2n) is 5.22. The molecule has 0 amide bonds. The summed E-state index contributed by atoms with van der Waals surface area (Å²) in [5.74, 6) is 0.227. The molecular weight excluding hydrogens is 258 g/mol. The van der Waals surface area contributed by atoms with Gasteiger partial charge in [0.25, 0.3) is 5.56 Å². The van der Waals surface area contributed by atoms with Gasteiger partial charge in [-0.2, -0.15) is 0 Å². The van der Waals surface area contributed by atoms with Gasteiger partial charge in [0.1, 0.15) is 5.82 Å². The lowest BCUT2D eigenvalue weighted by Gasteiger charge is -2.28. The number of rotatable bonds is 4. The van der Waals surface area contributed by atoms with E-state index in [1.165, 1.54) is 18.0 Å². The third-order valence-electron chi connectivity index (χ3n) is 3.66. The molecule has 1 aliphatic heterocycles. The number of hydrogen-bond donors (Lipinski definition) is 2. The summed E-state index contributed by atoms with van der Waals surface area (Å²) in [6.07, 6.45) is 4.19. The van der Waals surface area contributed by atoms with E-state index in [0.29, 0.717) is 12.2 Å². The molecular formula is C13H23N5O2. The molecule has 2 rings (SSSR count). The highest BCUT2D eigenvalue weighted by atomic mass is 16.2. The Morgan fingerprint density at radius 1 is 1.20 bits per heavy atom. The fraction of sp³-hybridized carbons (Fsp3) is 0.692. The van der Waals surface area contributed by atoms with E-state index >= 15 is 0 Å². The van der Waals surface area contributed by atoms with Crippen LogP contribution in [-0.4, -0.2) is 27.2 Å². The summed E-state index contributed by atoms with van der Waals surface area (Å²) in [4.78, 5) is 24.3. The molecule has 0 unspecified atom stereocenters. The highest BCUT2D eigenvalue weighted by Crippen LogP contribution is 2.15. The Kier molecular flexibility index (Phi) is 4.49. The minimum atomic E-state index is -0.370. The highest BCUT2D eigenvalue weighted by molar-refractivity contribution is 5.60. The maximum absolute atomic E-state index is 12.2. The number of hydrogen-bond acceptors (Lipinski definition) is 5. The van der Waals surface area contributed by atoms with Crippen LogP contribution in [0.3, 0.4) is 0 Å². The molecule has 0 saturated carbocycles. The van der Waals surface area contributed by atoms with Crippen LogP contribution < -0.4 is 22.4 Å². The summed E-state index contributed by atoms with van der Waals surface area (Å²) in [6.45, 7) is 4.24. The van der Waals surface area contributed by atoms with Gasteiger partial charge in [-0.1, -0.05) is 13.3 Å². The first-order chi connectivity index (χ1) is 9.56. The SMILES string of the molecule is CCCn1c(N)c(NN2CCCCC2)c(=O)n(C)c1=O. The zero-order chi connectivity index (χ0) is 14.7. The van der Waals surface area contributed by atoms with Crippen LogP contribution >= 0.6 is 0 Å². The number of nitrogens with zero attached hydrogens (tertiary/aromatic N) is 3. The number of nitrogens with one attached hydrogen (secondary N) is 1. The first-order valence-corrected chi connectivity index (χ1v) is 7.17. The van der Waals surface area contributed by atoms with Crippen molar-refractivity contribution in [3.63, 3.8) is 0 Å². The summed E-state index contributed by atoms with van der Waals surface area (Å²) in [5, 5.41) is 2.00. The van der Waals surface area contributed by atoms with Crippen LogP contribution in [0.2, 0.25) is 0 Å². The number of aromatic nitrogens is 2. The molecule has 7 heteroatoms. The van der Waals surface area contributed by atoms with Gasteiger partial charge < -0.3 is 11.2 Å². The highest BCUT2D eigenvalue weighted by Gasteiger charge is 2.18. The van der Waals surface area contributed by atoms with E-state index in [2.05, 4.69) is 5.43 Å². The average molecular weight is 281 g/mol. The molecule has 0 atom stereocenters. The van der Waals surface area contributed by atoms with Crippen LogP contribution in [0.15, 0.2) is 9.59 Å². The lowest BCUT2D eigenvalue weighted by atomic mass is 10.2. The van der Waals surface area contributed by atoms with Crippen molar-refractivity contribution in [1.82, 2.24) is 14.1 Å². The normalized spacial score (nSPS) is 16.3. The summed E-state index contributed by atoms with van der Waals surface area (Å²) in [6, 6.07) is 0. The standard InChI is InChI=1S/C13H23N5O2/c1-3-7-18-11(14)10(12(19)16(2)13(18)20)15-17-8-5-4-6-9-17/h15H,3-9,14H2,1-2H3. The predicted molar refractivity (Wildman–Crippen MR) is 79.7 cm³/mol. The molecule has 2 heterocycles. The number of nitrogen functional groups attached to an aromatic ring is 1. The van der Waals surface area contributed by atoms with Gasteiger partial charge in [-0.3, -0.25) is 13.9 Å². The summed E-state index contributed by atoms with van der Waals surface area (Å²) < 4.78 is 2.56. The maximum atomic E-state index is 12.2. The molecule has 0 radical (unpaired) electrons. The molecule has 0 bridgehead atoms. The first kappa shape index (κ1) is 14.6. The minimum absolute atomic E-state index is 0.227. The quantitative estimate of drug-likeness (QED) is 0.832. The van der Waals surface area contributed by atoms with Crippen molar-refractivity contribution < 1.29 is 0 Å². The van der Waals surface area contributed by atoms with Gasteiger partial charge in [-0.15, -0.1) is 0 Å². The molecule has 1 aromatic rings. The van der Waals surface area contributed by atoms with Crippen molar-refractivity contribution in [2.75, 3.05) is 24.2 Å². The predicted octanol–water partition coefficient (Wildman–Crippen LogP) is 0.352. The second kappa shape index (κ2) is 6.13. The monoisotopic (exact) mass is 281 g/mol. The maximum Gasteiger partial charge on any atom is 0.332 e. The molecule has 0 aliphatic carbocycles. The van der Waals surface area contributed by atoms with Crippen LogP contribution in [0.5, 0.6) is 0 Å². The number of hydrazine groups is 1. The lowest BCUT2D eigenvalue weighted by Crippen LogP contribution is -2.44. The van der Waals surface area contributed by atoms with Gasteiger partial charge in [0.2, 0.25) is 0 Å². The fourth-order valence-corrected chi connectivity index (χ4v) is 2.49. The van der Waals surface area contributed by atoms with Crippen molar-refractivity contribution in [2.24, 2.45) is 7.05 Å². The van der Waals surface area contributed by atoms with E-state index in [1.807, 2.05) is 11.9 Å². The van der Waals surface area contributed by atoms with Gasteiger partial charge in [-0.25, -0.2) is 9.80 Å². The average Bonchev–Trinajstić information content (AvgIpc) is 2.47. The van der Waals surface area contributed by atoms with Gasteiger partial charge in [0.15, 0.2) is 5.69 Å². The van der Waals surface area contributed by atoms with Crippen LogP contribution in [0, 0.1) is 0 Å². The molecule has 1 fully saturated rings. The summed E-state index contributed by atoms with van der Waals surface area (Å²) in [5.41, 5.74) is 8.69. The van der Waals surface area contributed by atoms with E-state index in [1.54, 1.807) is 0 Å². The van der Waals surface area contributed by atoms with Gasteiger partial charge >= 0.3 is 5.69 Å². The Hall–Kier alpha value is -1.76. The summed E-state index contributed by atoms with van der Waals surface area (Å²) in [7, 11) is 1.48. The van der Waals surface area contributed by atoms with E-state index < -0.39 is 0 Å². The number of nitrogens with two attached hydrogens (primary N) is 1. The first-order valence-electron chi connectivity index (χ1n) is 7.17. The topological polar surface area (TPSA) is 85.3 Å². The molecule has 3 N–H and O–H groups in total. The molecule has 0 spiro atoms. The van der Waals surface area contributed by atoms with Crippen molar-refractivity contribution in [1.29, 1.82) is 0 Å². The van der Waals surface area contributed by atoms with E-state index in [0.717, 1.165) is 36.9 Å². The Balaban J connectivity index is 2.41. The molecule has 112 valence electrons. The molecule has 0 aromatic carbocycles. The third kappa shape index (κ3) is 2.72. The lowest BCUT2D eigenvalue weighted by molar-refractivity contribution is 0.272. The van der Waals surface area contributed by atoms with Crippen LogP contribution in [0.1, 0.15) is 32.6 Å². The van der Waals surface area contributed by atoms with Crippen LogP contribution in [-0.2, 0) is 13.6 Å². The smallest absolute Gasteiger partial charge is 0.332 e. The van der Waals surface area contributed by atoms with Crippen LogP contribution in [0.25, 0.3) is 0 Å². The third-order valence-corrected chi connectivity index (χ3v) is 3.66. The van der Waals surface area contributed by atoms with Crippen molar-refractivity contribution in [2.45, 2.75) is 39.2 Å². The molecule has 1 aliphatic rings. The van der Waals surface area contributed by atoms with Gasteiger partial charge in [-0.05, 0) is 19.3 Å². The fourth-order valence-electron chi connectivity index (χ4n) is 2.49. The summed E-state index contributed by atoms with van der Waals surface area (Å²) >= 11 is 0. The Morgan fingerprint density at radius 3 is 2.45 bits per heavy atom.